The molecule has 0 aromatic heterocycles. The van der Waals surface area contributed by atoms with E-state index in [1.54, 1.807) is 25.3 Å². The van der Waals surface area contributed by atoms with E-state index < -0.39 is 0 Å². The smallest absolute Gasteiger partial charge is 0.231 e. The highest BCUT2D eigenvalue weighted by Crippen LogP contribution is 2.42. The van der Waals surface area contributed by atoms with Crippen molar-refractivity contribution in [3.63, 3.8) is 0 Å². The van der Waals surface area contributed by atoms with Crippen LogP contribution in [0.5, 0.6) is 17.2 Å². The first-order chi connectivity index (χ1) is 16.0. The van der Waals surface area contributed by atoms with Crippen molar-refractivity contribution in [1.82, 2.24) is 4.90 Å². The van der Waals surface area contributed by atoms with Crippen LogP contribution in [0.4, 0.5) is 0 Å². The van der Waals surface area contributed by atoms with Gasteiger partial charge in [0.2, 0.25) is 5.78 Å². The molecule has 0 N–H and O–H groups in total. The molecular weight excluding hydrogens is 461 g/mol. The minimum Gasteiger partial charge on any atom is -0.497 e. The summed E-state index contributed by atoms with van der Waals surface area (Å²) < 4.78 is 17.2. The lowest BCUT2D eigenvalue weighted by Crippen LogP contribution is -2.33. The maximum atomic E-state index is 13.0. The molecule has 0 spiro atoms. The second-order valence-corrected chi connectivity index (χ2v) is 8.79. The number of hydrogen-bond donors (Lipinski definition) is 0. The van der Waals surface area contributed by atoms with Crippen molar-refractivity contribution in [2.24, 2.45) is 0 Å². The molecule has 168 valence electrons. The van der Waals surface area contributed by atoms with E-state index in [2.05, 4.69) is 4.90 Å². The molecule has 0 atom stereocenters. The number of hydrogen-bond acceptors (Lipinski definition) is 5. The summed E-state index contributed by atoms with van der Waals surface area (Å²) in [4.78, 5) is 15.1. The molecule has 0 radical (unpaired) electrons. The Morgan fingerprint density at radius 3 is 2.67 bits per heavy atom. The van der Waals surface area contributed by atoms with E-state index in [1.807, 2.05) is 42.5 Å². The molecule has 0 saturated carbocycles. The molecule has 33 heavy (non-hydrogen) atoms. The van der Waals surface area contributed by atoms with Crippen molar-refractivity contribution < 1.29 is 19.0 Å². The third-order valence-corrected chi connectivity index (χ3v) is 6.40. The molecule has 2 aliphatic rings. The van der Waals surface area contributed by atoms with Crippen LogP contribution < -0.4 is 14.2 Å². The average molecular weight is 482 g/mol. The van der Waals surface area contributed by atoms with Crippen LogP contribution in [-0.4, -0.2) is 31.1 Å². The topological polar surface area (TPSA) is 48.0 Å². The van der Waals surface area contributed by atoms with Gasteiger partial charge >= 0.3 is 0 Å². The van der Waals surface area contributed by atoms with Crippen molar-refractivity contribution in [2.75, 3.05) is 20.4 Å². The Hall–Kier alpha value is -2.99. The summed E-state index contributed by atoms with van der Waals surface area (Å²) in [5.74, 6) is 2.24. The number of allylic oxidation sites excluding steroid dienone is 1. The SMILES string of the molecule is COc1ccc(/C=C2\Oc3c(ccc4c3CN(CCc3ccc(Cl)cc3Cl)CO4)C2=O)cc1. The van der Waals surface area contributed by atoms with Crippen LogP contribution in [0, 0.1) is 0 Å². The molecule has 0 fully saturated rings. The van der Waals surface area contributed by atoms with Gasteiger partial charge in [-0.15, -0.1) is 0 Å². The summed E-state index contributed by atoms with van der Waals surface area (Å²) in [6.07, 6.45) is 2.50. The number of benzene rings is 3. The number of carbonyl (C=O) groups excluding carboxylic acids is 1. The highest BCUT2D eigenvalue weighted by atomic mass is 35.5. The summed E-state index contributed by atoms with van der Waals surface area (Å²) in [5, 5.41) is 1.28. The van der Waals surface area contributed by atoms with Crippen LogP contribution in [0.15, 0.2) is 60.4 Å². The largest absolute Gasteiger partial charge is 0.497 e. The van der Waals surface area contributed by atoms with E-state index in [1.165, 1.54) is 0 Å². The molecule has 0 aliphatic carbocycles. The summed E-state index contributed by atoms with van der Waals surface area (Å²) in [6, 6.07) is 16.6. The normalized spacial score (nSPS) is 16.2. The van der Waals surface area contributed by atoms with E-state index in [4.69, 9.17) is 37.4 Å². The number of nitrogens with zero attached hydrogens (tertiary/aromatic N) is 1. The highest BCUT2D eigenvalue weighted by Gasteiger charge is 2.33. The van der Waals surface area contributed by atoms with Gasteiger partial charge in [-0.3, -0.25) is 9.69 Å². The highest BCUT2D eigenvalue weighted by molar-refractivity contribution is 6.35. The molecular formula is C26H21Cl2NO4. The fraction of sp³-hybridized carbons (Fsp3) is 0.192. The maximum Gasteiger partial charge on any atom is 0.231 e. The maximum absolute atomic E-state index is 13.0. The zero-order chi connectivity index (χ0) is 22.9. The molecule has 7 heteroatoms. The van der Waals surface area contributed by atoms with E-state index >= 15 is 0 Å². The second kappa shape index (κ2) is 9.10. The van der Waals surface area contributed by atoms with Gasteiger partial charge in [-0.05, 0) is 60.0 Å². The summed E-state index contributed by atoms with van der Waals surface area (Å²) in [5.41, 5.74) is 3.33. The molecule has 0 saturated heterocycles. The van der Waals surface area contributed by atoms with Crippen LogP contribution in [0.2, 0.25) is 10.0 Å². The Morgan fingerprint density at radius 1 is 1.09 bits per heavy atom. The monoisotopic (exact) mass is 481 g/mol. The molecule has 5 rings (SSSR count). The Balaban J connectivity index is 1.34. The lowest BCUT2D eigenvalue weighted by molar-refractivity contribution is 0.0950. The van der Waals surface area contributed by atoms with Crippen molar-refractivity contribution in [3.05, 3.63) is 92.7 Å². The van der Waals surface area contributed by atoms with Gasteiger partial charge in [0.1, 0.15) is 24.0 Å². The van der Waals surface area contributed by atoms with Crippen molar-refractivity contribution in [2.45, 2.75) is 13.0 Å². The van der Waals surface area contributed by atoms with Gasteiger partial charge in [-0.25, -0.2) is 0 Å². The molecule has 2 heterocycles. The average Bonchev–Trinajstić information content (AvgIpc) is 3.14. The first-order valence-corrected chi connectivity index (χ1v) is 11.3. The second-order valence-electron chi connectivity index (χ2n) is 7.94. The zero-order valence-electron chi connectivity index (χ0n) is 17.9. The van der Waals surface area contributed by atoms with Gasteiger partial charge in [-0.2, -0.15) is 0 Å². The van der Waals surface area contributed by atoms with Gasteiger partial charge in [0, 0.05) is 23.1 Å². The first kappa shape index (κ1) is 21.8. The van der Waals surface area contributed by atoms with Crippen molar-refractivity contribution in [1.29, 1.82) is 0 Å². The van der Waals surface area contributed by atoms with Crippen LogP contribution >= 0.6 is 23.2 Å². The molecule has 0 amide bonds. The lowest BCUT2D eigenvalue weighted by Gasteiger charge is -2.29. The molecule has 3 aromatic rings. The fourth-order valence-electron chi connectivity index (χ4n) is 4.00. The fourth-order valence-corrected chi connectivity index (χ4v) is 4.51. The Bertz CT molecular complexity index is 1250. The summed E-state index contributed by atoms with van der Waals surface area (Å²) >= 11 is 12.3. The number of ketones is 1. The van der Waals surface area contributed by atoms with E-state index in [0.717, 1.165) is 41.2 Å². The predicted molar refractivity (Wildman–Crippen MR) is 128 cm³/mol. The lowest BCUT2D eigenvalue weighted by atomic mass is 10.0. The number of methoxy groups -OCH3 is 1. The van der Waals surface area contributed by atoms with Crippen LogP contribution in [0.3, 0.4) is 0 Å². The zero-order valence-corrected chi connectivity index (χ0v) is 19.4. The van der Waals surface area contributed by atoms with Crippen LogP contribution in [0.25, 0.3) is 6.08 Å². The van der Waals surface area contributed by atoms with Gasteiger partial charge in [0.15, 0.2) is 5.76 Å². The number of carbonyl (C=O) groups is 1. The Labute approximate surface area is 202 Å². The number of fused-ring (bicyclic) bond motifs is 3. The molecule has 2 aliphatic heterocycles. The minimum atomic E-state index is -0.131. The standard InChI is InChI=1S/C26H21Cl2NO4/c1-31-19-6-2-16(3-7-19)12-24-25(30)20-8-9-23-21(26(20)33-24)14-29(15-32-23)11-10-17-4-5-18(27)13-22(17)28/h2-9,12-13H,10-11,14-15H2,1H3/b24-12-. The molecule has 3 aromatic carbocycles. The molecule has 0 unspecified atom stereocenters. The van der Waals surface area contributed by atoms with E-state index in [-0.39, 0.29) is 5.78 Å². The number of halogens is 2. The van der Waals surface area contributed by atoms with Gasteiger partial charge < -0.3 is 14.2 Å². The van der Waals surface area contributed by atoms with Crippen LogP contribution in [0.1, 0.15) is 27.0 Å². The van der Waals surface area contributed by atoms with Crippen molar-refractivity contribution in [3.8, 4) is 17.2 Å². The van der Waals surface area contributed by atoms with E-state index in [9.17, 15) is 4.79 Å². The predicted octanol–water partition coefficient (Wildman–Crippen LogP) is 6.01. The Morgan fingerprint density at radius 2 is 1.91 bits per heavy atom. The summed E-state index contributed by atoms with van der Waals surface area (Å²) in [7, 11) is 1.62. The first-order valence-electron chi connectivity index (χ1n) is 10.5. The van der Waals surface area contributed by atoms with Crippen LogP contribution in [-0.2, 0) is 13.0 Å². The van der Waals surface area contributed by atoms with Gasteiger partial charge in [0.05, 0.1) is 18.2 Å². The molecule has 0 bridgehead atoms. The summed E-state index contributed by atoms with van der Waals surface area (Å²) in [6.45, 7) is 1.82. The quantitative estimate of drug-likeness (QED) is 0.417. The minimum absolute atomic E-state index is 0.131. The van der Waals surface area contributed by atoms with Gasteiger partial charge in [0.25, 0.3) is 0 Å². The number of ether oxygens (including phenoxy) is 3. The van der Waals surface area contributed by atoms with Crippen molar-refractivity contribution >= 4 is 35.1 Å². The number of Topliss-reactive ketones (excluding diaryl/α,β-unsaturated/α-hetero) is 1. The molecule has 5 nitrogen and oxygen atoms in total. The Kier molecular flexibility index (Phi) is 6.02. The third kappa shape index (κ3) is 4.44. The van der Waals surface area contributed by atoms with E-state index in [0.29, 0.717) is 40.4 Å². The van der Waals surface area contributed by atoms with Gasteiger partial charge in [-0.1, -0.05) is 41.4 Å². The number of rotatable bonds is 5. The third-order valence-electron chi connectivity index (χ3n) is 5.81.